The van der Waals surface area contributed by atoms with Crippen LogP contribution < -0.4 is 4.74 Å². The van der Waals surface area contributed by atoms with Gasteiger partial charge in [0.15, 0.2) is 11.6 Å². The van der Waals surface area contributed by atoms with Gasteiger partial charge in [-0.3, -0.25) is 0 Å². The van der Waals surface area contributed by atoms with Crippen LogP contribution in [0.3, 0.4) is 0 Å². The monoisotopic (exact) mass is 249 g/mol. The molecule has 1 atom stereocenters. The second kappa shape index (κ2) is 5.78. The lowest BCUT2D eigenvalue weighted by Gasteiger charge is -2.18. The van der Waals surface area contributed by atoms with E-state index in [0.29, 0.717) is 5.92 Å². The lowest BCUT2D eigenvalue weighted by Crippen LogP contribution is -2.08. The number of nitrogens with zero attached hydrogens (tertiary/aromatic N) is 1. The second-order valence-corrected chi connectivity index (χ2v) is 4.60. The predicted octanol–water partition coefficient (Wildman–Crippen LogP) is 3.40. The molecule has 1 aliphatic carbocycles. The lowest BCUT2D eigenvalue weighted by atomic mass is 9.92. The average Bonchev–Trinajstić information content (AvgIpc) is 2.89. The van der Waals surface area contributed by atoms with Gasteiger partial charge in [-0.2, -0.15) is 4.99 Å². The summed E-state index contributed by atoms with van der Waals surface area (Å²) in [7, 11) is 1.43. The van der Waals surface area contributed by atoms with E-state index in [2.05, 4.69) is 4.99 Å². The second-order valence-electron chi connectivity index (χ2n) is 4.60. The number of methoxy groups -OCH3 is 1. The maximum absolute atomic E-state index is 13.7. The highest BCUT2D eigenvalue weighted by Crippen LogP contribution is 2.38. The highest BCUT2D eigenvalue weighted by Gasteiger charge is 2.26. The van der Waals surface area contributed by atoms with Crippen molar-refractivity contribution in [2.24, 2.45) is 10.9 Å². The Morgan fingerprint density at radius 3 is 2.72 bits per heavy atom. The molecule has 1 saturated carbocycles. The molecular formula is C14H16FNO2. The third kappa shape index (κ3) is 2.59. The Morgan fingerprint density at radius 2 is 2.17 bits per heavy atom. The van der Waals surface area contributed by atoms with Crippen molar-refractivity contribution < 1.29 is 13.9 Å². The standard InChI is InChI=1S/C14H16FNO2/c1-18-13-7-6-11(8-12(13)15)14(16-9-17)10-4-2-3-5-10/h6-8,10,14H,2-5H2,1H3. The molecule has 0 N–H and O–H groups in total. The summed E-state index contributed by atoms with van der Waals surface area (Å²) in [6.45, 7) is 0. The van der Waals surface area contributed by atoms with Crippen LogP contribution in [0.4, 0.5) is 4.39 Å². The molecule has 0 bridgehead atoms. The largest absolute Gasteiger partial charge is 0.494 e. The van der Waals surface area contributed by atoms with E-state index < -0.39 is 5.82 Å². The highest BCUT2D eigenvalue weighted by molar-refractivity contribution is 5.37. The fourth-order valence-corrected chi connectivity index (χ4v) is 2.65. The van der Waals surface area contributed by atoms with E-state index >= 15 is 0 Å². The number of benzene rings is 1. The van der Waals surface area contributed by atoms with Crippen LogP contribution in [-0.2, 0) is 4.79 Å². The summed E-state index contributed by atoms with van der Waals surface area (Å²) in [5.74, 6) is 0.109. The molecule has 1 unspecified atom stereocenters. The van der Waals surface area contributed by atoms with Crippen LogP contribution in [-0.4, -0.2) is 13.2 Å². The maximum Gasteiger partial charge on any atom is 0.235 e. The zero-order valence-corrected chi connectivity index (χ0v) is 10.4. The number of halogens is 1. The highest BCUT2D eigenvalue weighted by atomic mass is 19.1. The Balaban J connectivity index is 2.30. The Labute approximate surface area is 106 Å². The van der Waals surface area contributed by atoms with Gasteiger partial charge in [-0.05, 0) is 36.5 Å². The van der Waals surface area contributed by atoms with Gasteiger partial charge in [0.1, 0.15) is 0 Å². The molecule has 96 valence electrons. The molecule has 1 aromatic carbocycles. The summed E-state index contributed by atoms with van der Waals surface area (Å²) >= 11 is 0. The first-order valence-corrected chi connectivity index (χ1v) is 6.16. The van der Waals surface area contributed by atoms with Crippen LogP contribution in [0, 0.1) is 11.7 Å². The summed E-state index contributed by atoms with van der Waals surface area (Å²) in [5, 5.41) is 0. The molecule has 2 rings (SSSR count). The van der Waals surface area contributed by atoms with Crippen LogP contribution in [0.2, 0.25) is 0 Å². The molecule has 0 aromatic heterocycles. The van der Waals surface area contributed by atoms with E-state index in [1.165, 1.54) is 13.2 Å². The van der Waals surface area contributed by atoms with Crippen molar-refractivity contribution in [1.29, 1.82) is 0 Å². The van der Waals surface area contributed by atoms with Crippen molar-refractivity contribution >= 4 is 6.08 Å². The van der Waals surface area contributed by atoms with Crippen molar-refractivity contribution in [3.63, 3.8) is 0 Å². The van der Waals surface area contributed by atoms with Gasteiger partial charge in [0, 0.05) is 0 Å². The van der Waals surface area contributed by atoms with Crippen molar-refractivity contribution in [2.45, 2.75) is 31.7 Å². The van der Waals surface area contributed by atoms with E-state index in [1.54, 1.807) is 18.2 Å². The van der Waals surface area contributed by atoms with E-state index in [9.17, 15) is 9.18 Å². The third-order valence-electron chi connectivity index (χ3n) is 3.56. The maximum atomic E-state index is 13.7. The first-order chi connectivity index (χ1) is 8.76. The van der Waals surface area contributed by atoms with Gasteiger partial charge in [-0.25, -0.2) is 9.18 Å². The van der Waals surface area contributed by atoms with Gasteiger partial charge in [0.2, 0.25) is 6.08 Å². The average molecular weight is 249 g/mol. The van der Waals surface area contributed by atoms with Crippen molar-refractivity contribution in [2.75, 3.05) is 7.11 Å². The zero-order valence-electron chi connectivity index (χ0n) is 10.4. The third-order valence-corrected chi connectivity index (χ3v) is 3.56. The number of carbonyl (C=O) groups excluding carboxylic acids is 1. The minimum atomic E-state index is -0.418. The van der Waals surface area contributed by atoms with E-state index in [-0.39, 0.29) is 11.8 Å². The Hall–Kier alpha value is -1.67. The van der Waals surface area contributed by atoms with Crippen molar-refractivity contribution in [3.05, 3.63) is 29.6 Å². The Kier molecular flexibility index (Phi) is 4.11. The summed E-state index contributed by atoms with van der Waals surface area (Å²) in [6, 6.07) is 4.48. The molecule has 0 saturated heterocycles. The van der Waals surface area contributed by atoms with Crippen molar-refractivity contribution in [1.82, 2.24) is 0 Å². The molecule has 0 heterocycles. The molecule has 0 amide bonds. The molecule has 4 heteroatoms. The number of hydrogen-bond donors (Lipinski definition) is 0. The summed E-state index contributed by atoms with van der Waals surface area (Å²) < 4.78 is 18.6. The van der Waals surface area contributed by atoms with Crippen LogP contribution in [0.15, 0.2) is 23.2 Å². The van der Waals surface area contributed by atoms with Crippen LogP contribution >= 0.6 is 0 Å². The molecular weight excluding hydrogens is 233 g/mol. The first kappa shape index (κ1) is 12.8. The Morgan fingerprint density at radius 1 is 1.44 bits per heavy atom. The quantitative estimate of drug-likeness (QED) is 0.606. The molecule has 1 aliphatic rings. The summed E-state index contributed by atoms with van der Waals surface area (Å²) in [5.41, 5.74) is 0.726. The molecule has 3 nitrogen and oxygen atoms in total. The predicted molar refractivity (Wildman–Crippen MR) is 65.8 cm³/mol. The van der Waals surface area contributed by atoms with Crippen LogP contribution in [0.1, 0.15) is 37.3 Å². The minimum absolute atomic E-state index is 0.207. The smallest absolute Gasteiger partial charge is 0.235 e. The number of hydrogen-bond acceptors (Lipinski definition) is 3. The van der Waals surface area contributed by atoms with Gasteiger partial charge in [0.25, 0.3) is 0 Å². The Bertz CT molecular complexity index is 463. The number of aliphatic imine (C=N–C) groups is 1. The molecule has 0 aliphatic heterocycles. The number of isocyanates is 1. The topological polar surface area (TPSA) is 38.7 Å². The molecule has 1 fully saturated rings. The van der Waals surface area contributed by atoms with Crippen LogP contribution in [0.25, 0.3) is 0 Å². The van der Waals surface area contributed by atoms with Crippen LogP contribution in [0.5, 0.6) is 5.75 Å². The first-order valence-electron chi connectivity index (χ1n) is 6.16. The molecule has 0 radical (unpaired) electrons. The molecule has 18 heavy (non-hydrogen) atoms. The van der Waals surface area contributed by atoms with Gasteiger partial charge in [-0.15, -0.1) is 0 Å². The molecule has 0 spiro atoms. The summed E-state index contributed by atoms with van der Waals surface area (Å²) in [4.78, 5) is 14.4. The van der Waals surface area contributed by atoms with Gasteiger partial charge < -0.3 is 4.74 Å². The normalized spacial score (nSPS) is 17.2. The fraction of sp³-hybridized carbons (Fsp3) is 0.500. The lowest BCUT2D eigenvalue weighted by molar-refractivity contribution is 0.384. The fourth-order valence-electron chi connectivity index (χ4n) is 2.65. The summed E-state index contributed by atoms with van der Waals surface area (Å²) in [6.07, 6.45) is 5.97. The van der Waals surface area contributed by atoms with E-state index in [1.807, 2.05) is 0 Å². The van der Waals surface area contributed by atoms with Gasteiger partial charge in [-0.1, -0.05) is 18.9 Å². The SMILES string of the molecule is COc1ccc(C(N=C=O)C2CCCC2)cc1F. The molecule has 1 aromatic rings. The minimum Gasteiger partial charge on any atom is -0.494 e. The van der Waals surface area contributed by atoms with E-state index in [4.69, 9.17) is 4.74 Å². The zero-order chi connectivity index (χ0) is 13.0. The van der Waals surface area contributed by atoms with Crippen molar-refractivity contribution in [3.8, 4) is 5.75 Å². The number of ether oxygens (including phenoxy) is 1. The number of rotatable bonds is 4. The van der Waals surface area contributed by atoms with Gasteiger partial charge >= 0.3 is 0 Å². The van der Waals surface area contributed by atoms with Gasteiger partial charge in [0.05, 0.1) is 13.2 Å². The van der Waals surface area contributed by atoms with E-state index in [0.717, 1.165) is 31.2 Å².